The fraction of sp³-hybridized carbons (Fsp3) is 0.391. The molecule has 0 aliphatic rings. The van der Waals surface area contributed by atoms with Crippen molar-refractivity contribution >= 4 is 46.6 Å². The van der Waals surface area contributed by atoms with E-state index in [9.17, 15) is 9.59 Å². The van der Waals surface area contributed by atoms with Gasteiger partial charge in [-0.05, 0) is 56.5 Å². The lowest BCUT2D eigenvalue weighted by Gasteiger charge is -2.33. The number of nitrogens with one attached hydrogen (secondary N) is 1. The van der Waals surface area contributed by atoms with Crippen molar-refractivity contribution in [2.45, 2.75) is 58.7 Å². The minimum absolute atomic E-state index is 0.0553. The van der Waals surface area contributed by atoms with Gasteiger partial charge in [0.05, 0.1) is 6.42 Å². The average molecular weight is 470 g/mol. The Morgan fingerprint density at radius 1 is 1.00 bits per heavy atom. The Morgan fingerprint density at radius 2 is 1.67 bits per heavy atom. The number of rotatable bonds is 7. The van der Waals surface area contributed by atoms with Gasteiger partial charge in [-0.15, -0.1) is 0 Å². The molecule has 0 heterocycles. The Morgan fingerprint density at radius 3 is 2.23 bits per heavy atom. The number of carbonyl (C=O) groups excluding carboxylic acids is 2. The third kappa shape index (κ3) is 6.90. The lowest BCUT2D eigenvalue weighted by Crippen LogP contribution is -2.53. The first-order chi connectivity index (χ1) is 14.0. The number of halogens is 3. The van der Waals surface area contributed by atoms with E-state index in [0.717, 1.165) is 5.56 Å². The van der Waals surface area contributed by atoms with Crippen LogP contribution in [0.4, 0.5) is 0 Å². The van der Waals surface area contributed by atoms with Crippen molar-refractivity contribution in [3.8, 4) is 0 Å². The minimum Gasteiger partial charge on any atom is -0.350 e. The molecule has 2 aromatic carbocycles. The van der Waals surface area contributed by atoms with E-state index in [1.807, 2.05) is 45.9 Å². The highest BCUT2D eigenvalue weighted by molar-refractivity contribution is 6.35. The standard InChI is InChI=1S/C23H27Cl3N2O2/c1-5-20(22(30)27-23(2,3)4)28(14-16-8-6-7-9-18(16)25)21(29)12-15-10-11-17(24)13-19(15)26/h6-11,13,20H,5,12,14H2,1-4H3,(H,27,30). The molecule has 7 heteroatoms. The van der Waals surface area contributed by atoms with Crippen LogP contribution in [0.5, 0.6) is 0 Å². The zero-order valence-corrected chi connectivity index (χ0v) is 19.9. The van der Waals surface area contributed by atoms with Crippen LogP contribution in [0.2, 0.25) is 15.1 Å². The molecule has 0 aromatic heterocycles. The average Bonchev–Trinajstić information content (AvgIpc) is 2.63. The molecule has 30 heavy (non-hydrogen) atoms. The molecule has 2 rings (SSSR count). The number of hydrogen-bond donors (Lipinski definition) is 1. The highest BCUT2D eigenvalue weighted by Crippen LogP contribution is 2.24. The van der Waals surface area contributed by atoms with Gasteiger partial charge in [0, 0.05) is 27.2 Å². The minimum atomic E-state index is -0.640. The van der Waals surface area contributed by atoms with Gasteiger partial charge in [0.15, 0.2) is 0 Å². The molecular formula is C23H27Cl3N2O2. The Balaban J connectivity index is 2.37. The van der Waals surface area contributed by atoms with Gasteiger partial charge in [0.1, 0.15) is 6.04 Å². The maximum absolute atomic E-state index is 13.3. The summed E-state index contributed by atoms with van der Waals surface area (Å²) >= 11 is 18.6. The SMILES string of the molecule is CCC(C(=O)NC(C)(C)C)N(Cc1ccccc1Cl)C(=O)Cc1ccc(Cl)cc1Cl. The van der Waals surface area contributed by atoms with Crippen molar-refractivity contribution in [1.29, 1.82) is 0 Å². The first kappa shape index (κ1) is 24.5. The van der Waals surface area contributed by atoms with Crippen molar-refractivity contribution in [2.75, 3.05) is 0 Å². The Labute approximate surface area is 193 Å². The molecule has 162 valence electrons. The fourth-order valence-corrected chi connectivity index (χ4v) is 3.78. The zero-order valence-electron chi connectivity index (χ0n) is 17.6. The summed E-state index contributed by atoms with van der Waals surface area (Å²) in [4.78, 5) is 27.9. The summed E-state index contributed by atoms with van der Waals surface area (Å²) in [5.41, 5.74) is 1.02. The van der Waals surface area contributed by atoms with E-state index >= 15 is 0 Å². The summed E-state index contributed by atoms with van der Waals surface area (Å²) in [7, 11) is 0. The molecule has 0 aliphatic heterocycles. The summed E-state index contributed by atoms with van der Waals surface area (Å²) in [6.45, 7) is 7.83. The van der Waals surface area contributed by atoms with Gasteiger partial charge in [-0.2, -0.15) is 0 Å². The summed E-state index contributed by atoms with van der Waals surface area (Å²) < 4.78 is 0. The van der Waals surface area contributed by atoms with Crippen LogP contribution < -0.4 is 5.32 Å². The topological polar surface area (TPSA) is 49.4 Å². The molecule has 0 spiro atoms. The first-order valence-electron chi connectivity index (χ1n) is 9.80. The van der Waals surface area contributed by atoms with E-state index in [-0.39, 0.29) is 24.8 Å². The van der Waals surface area contributed by atoms with Gasteiger partial charge in [-0.3, -0.25) is 9.59 Å². The van der Waals surface area contributed by atoms with Crippen LogP contribution in [0.3, 0.4) is 0 Å². The second kappa shape index (κ2) is 10.5. The van der Waals surface area contributed by atoms with Crippen LogP contribution in [-0.2, 0) is 22.6 Å². The first-order valence-corrected chi connectivity index (χ1v) is 10.9. The molecule has 1 atom stereocenters. The van der Waals surface area contributed by atoms with Crippen LogP contribution in [-0.4, -0.2) is 28.3 Å². The quantitative estimate of drug-likeness (QED) is 0.548. The molecule has 1 unspecified atom stereocenters. The van der Waals surface area contributed by atoms with E-state index in [2.05, 4.69) is 5.32 Å². The molecule has 2 amide bonds. The number of amides is 2. The Hall–Kier alpha value is -1.75. The molecule has 0 fully saturated rings. The Bertz CT molecular complexity index is 910. The van der Waals surface area contributed by atoms with E-state index in [4.69, 9.17) is 34.8 Å². The van der Waals surface area contributed by atoms with Crippen molar-refractivity contribution in [1.82, 2.24) is 10.2 Å². The number of hydrogen-bond acceptors (Lipinski definition) is 2. The monoisotopic (exact) mass is 468 g/mol. The fourth-order valence-electron chi connectivity index (χ4n) is 3.11. The van der Waals surface area contributed by atoms with Crippen LogP contribution in [0.25, 0.3) is 0 Å². The normalized spacial score (nSPS) is 12.4. The highest BCUT2D eigenvalue weighted by atomic mass is 35.5. The number of carbonyl (C=O) groups is 2. The van der Waals surface area contributed by atoms with Gasteiger partial charge >= 0.3 is 0 Å². The lowest BCUT2D eigenvalue weighted by atomic mass is 10.0. The molecule has 0 radical (unpaired) electrons. The maximum Gasteiger partial charge on any atom is 0.243 e. The van der Waals surface area contributed by atoms with Crippen molar-refractivity contribution in [2.24, 2.45) is 0 Å². The summed E-state index contributed by atoms with van der Waals surface area (Å²) in [6.07, 6.45) is 0.520. The lowest BCUT2D eigenvalue weighted by molar-refractivity contribution is -0.141. The van der Waals surface area contributed by atoms with Crippen LogP contribution >= 0.6 is 34.8 Å². The highest BCUT2D eigenvalue weighted by Gasteiger charge is 2.31. The molecular weight excluding hydrogens is 443 g/mol. The predicted octanol–water partition coefficient (Wildman–Crippen LogP) is 5.91. The zero-order chi connectivity index (χ0) is 22.5. The van der Waals surface area contributed by atoms with Crippen LogP contribution in [0, 0.1) is 0 Å². The molecule has 0 saturated carbocycles. The van der Waals surface area contributed by atoms with Gasteiger partial charge in [0.25, 0.3) is 0 Å². The van der Waals surface area contributed by atoms with Gasteiger partial charge in [0.2, 0.25) is 11.8 Å². The predicted molar refractivity (Wildman–Crippen MR) is 124 cm³/mol. The third-order valence-corrected chi connectivity index (χ3v) is 5.50. The molecule has 0 aliphatic carbocycles. The Kier molecular flexibility index (Phi) is 8.60. The maximum atomic E-state index is 13.3. The van der Waals surface area contributed by atoms with Crippen LogP contribution in [0.1, 0.15) is 45.2 Å². The van der Waals surface area contributed by atoms with E-state index in [1.54, 1.807) is 29.2 Å². The van der Waals surface area contributed by atoms with Crippen molar-refractivity contribution < 1.29 is 9.59 Å². The smallest absolute Gasteiger partial charge is 0.243 e. The number of nitrogens with zero attached hydrogens (tertiary/aromatic N) is 1. The largest absolute Gasteiger partial charge is 0.350 e. The van der Waals surface area contributed by atoms with E-state index in [0.29, 0.717) is 27.1 Å². The summed E-state index contributed by atoms with van der Waals surface area (Å²) in [5.74, 6) is -0.414. The summed E-state index contributed by atoms with van der Waals surface area (Å²) in [6, 6.07) is 11.7. The molecule has 2 aromatic rings. The van der Waals surface area contributed by atoms with Gasteiger partial charge in [-0.1, -0.05) is 66.0 Å². The van der Waals surface area contributed by atoms with Gasteiger partial charge in [-0.25, -0.2) is 0 Å². The molecule has 1 N–H and O–H groups in total. The van der Waals surface area contributed by atoms with E-state index < -0.39 is 11.6 Å². The second-order valence-corrected chi connectivity index (χ2v) is 9.44. The van der Waals surface area contributed by atoms with E-state index in [1.165, 1.54) is 0 Å². The second-order valence-electron chi connectivity index (χ2n) is 8.19. The van der Waals surface area contributed by atoms with Crippen molar-refractivity contribution in [3.05, 3.63) is 68.7 Å². The summed E-state index contributed by atoms with van der Waals surface area (Å²) in [5, 5.41) is 4.44. The third-order valence-electron chi connectivity index (χ3n) is 4.54. The van der Waals surface area contributed by atoms with Crippen LogP contribution in [0.15, 0.2) is 42.5 Å². The molecule has 0 saturated heterocycles. The molecule has 4 nitrogen and oxygen atoms in total. The van der Waals surface area contributed by atoms with Gasteiger partial charge < -0.3 is 10.2 Å². The van der Waals surface area contributed by atoms with Crippen molar-refractivity contribution in [3.63, 3.8) is 0 Å². The molecule has 0 bridgehead atoms. The number of benzene rings is 2.